The number of alkyl halides is 3. The zero-order valence-electron chi connectivity index (χ0n) is 23.1. The molecule has 0 unspecified atom stereocenters. The molecule has 2 amide bonds. The van der Waals surface area contributed by atoms with E-state index in [9.17, 15) is 32.8 Å². The summed E-state index contributed by atoms with van der Waals surface area (Å²) in [6, 6.07) is 21.7. The summed E-state index contributed by atoms with van der Waals surface area (Å²) >= 11 is 0. The number of rotatable bonds is 9. The van der Waals surface area contributed by atoms with Crippen LogP contribution in [-0.4, -0.2) is 42.6 Å². The van der Waals surface area contributed by atoms with Crippen molar-refractivity contribution in [3.05, 3.63) is 90.0 Å². The monoisotopic (exact) mass is 603 g/mol. The minimum absolute atomic E-state index is 0.0104. The van der Waals surface area contributed by atoms with Gasteiger partial charge in [-0.1, -0.05) is 36.4 Å². The van der Waals surface area contributed by atoms with Crippen LogP contribution in [0, 0.1) is 11.3 Å². The molecule has 1 heterocycles. The van der Waals surface area contributed by atoms with E-state index in [4.69, 9.17) is 15.2 Å². The van der Waals surface area contributed by atoms with Gasteiger partial charge in [-0.05, 0) is 48.0 Å². The number of aromatic nitrogens is 1. The largest absolute Gasteiger partial charge is 0.496 e. The third-order valence-corrected chi connectivity index (χ3v) is 6.13. The number of hydrogen-bond acceptors (Lipinski definition) is 8. The number of carbonyl (C=O) groups excluding carboxylic acids is 3. The van der Waals surface area contributed by atoms with Gasteiger partial charge in [0.1, 0.15) is 23.1 Å². The summed E-state index contributed by atoms with van der Waals surface area (Å²) in [6.07, 6.45) is -5.23. The first kappa shape index (κ1) is 31.2. The number of esters is 1. The number of pyridine rings is 1. The molecule has 0 aliphatic rings. The van der Waals surface area contributed by atoms with Crippen LogP contribution in [0.1, 0.15) is 22.3 Å². The van der Waals surface area contributed by atoms with E-state index in [1.807, 2.05) is 6.07 Å². The highest BCUT2D eigenvalue weighted by molar-refractivity contribution is 6.05. The van der Waals surface area contributed by atoms with Crippen molar-refractivity contribution in [1.29, 1.82) is 5.26 Å². The minimum atomic E-state index is -5.30. The Bertz CT molecular complexity index is 1750. The molecule has 13 heteroatoms. The molecule has 1 aromatic heterocycles. The lowest BCUT2D eigenvalue weighted by atomic mass is 9.97. The SMILES string of the molecule is COc1cccc(OC(=O)C(F)(F)F)c1-c1cc(-c2cccc(NC(=O)CCN)c2)c(C#N)c(NC(=O)c2ccccc2)n1. The van der Waals surface area contributed by atoms with Crippen molar-refractivity contribution in [1.82, 2.24) is 4.98 Å². The zero-order valence-corrected chi connectivity index (χ0v) is 23.1. The van der Waals surface area contributed by atoms with Crippen LogP contribution in [0.5, 0.6) is 11.5 Å². The van der Waals surface area contributed by atoms with Gasteiger partial charge >= 0.3 is 12.1 Å². The molecule has 10 nitrogen and oxygen atoms in total. The molecule has 3 aromatic carbocycles. The number of nitriles is 1. The predicted molar refractivity (Wildman–Crippen MR) is 155 cm³/mol. The summed E-state index contributed by atoms with van der Waals surface area (Å²) in [5.41, 5.74) is 6.31. The number of hydrogen-bond donors (Lipinski definition) is 3. The minimum Gasteiger partial charge on any atom is -0.496 e. The highest BCUT2D eigenvalue weighted by atomic mass is 19.4. The molecular formula is C31H24F3N5O5. The summed E-state index contributed by atoms with van der Waals surface area (Å²) in [5, 5.41) is 15.5. The topological polar surface area (TPSA) is 156 Å². The Morgan fingerprint density at radius 1 is 0.955 bits per heavy atom. The third-order valence-electron chi connectivity index (χ3n) is 6.13. The van der Waals surface area contributed by atoms with Gasteiger partial charge in [0, 0.05) is 29.8 Å². The number of ether oxygens (including phenoxy) is 2. The highest BCUT2D eigenvalue weighted by Crippen LogP contribution is 2.42. The molecule has 0 aliphatic heterocycles. The second-order valence-electron chi connectivity index (χ2n) is 9.10. The van der Waals surface area contributed by atoms with Gasteiger partial charge in [0.2, 0.25) is 5.91 Å². The van der Waals surface area contributed by atoms with Gasteiger partial charge in [0.05, 0.1) is 18.4 Å². The Hall–Kier alpha value is -5.74. The second kappa shape index (κ2) is 13.5. The molecule has 4 rings (SSSR count). The average molecular weight is 604 g/mol. The number of benzene rings is 3. The first-order valence-electron chi connectivity index (χ1n) is 12.9. The van der Waals surface area contributed by atoms with Crippen molar-refractivity contribution < 1.29 is 37.0 Å². The first-order valence-corrected chi connectivity index (χ1v) is 12.9. The van der Waals surface area contributed by atoms with Crippen LogP contribution in [0.15, 0.2) is 78.9 Å². The molecule has 4 N–H and O–H groups in total. The van der Waals surface area contributed by atoms with E-state index in [2.05, 4.69) is 15.6 Å². The molecule has 224 valence electrons. The number of carbonyl (C=O) groups is 3. The molecule has 0 atom stereocenters. The van der Waals surface area contributed by atoms with E-state index in [1.165, 1.54) is 37.4 Å². The van der Waals surface area contributed by atoms with Crippen LogP contribution in [0.4, 0.5) is 24.7 Å². The van der Waals surface area contributed by atoms with Crippen molar-refractivity contribution in [2.45, 2.75) is 12.6 Å². The zero-order chi connectivity index (χ0) is 31.9. The van der Waals surface area contributed by atoms with Crippen LogP contribution < -0.4 is 25.8 Å². The number of nitrogens with one attached hydrogen (secondary N) is 2. The predicted octanol–water partition coefficient (Wildman–Crippen LogP) is 5.30. The van der Waals surface area contributed by atoms with Gasteiger partial charge in [-0.15, -0.1) is 0 Å². The highest BCUT2D eigenvalue weighted by Gasteiger charge is 2.42. The van der Waals surface area contributed by atoms with Crippen molar-refractivity contribution in [2.75, 3.05) is 24.3 Å². The van der Waals surface area contributed by atoms with E-state index < -0.39 is 23.8 Å². The number of methoxy groups -OCH3 is 1. The fraction of sp³-hybridized carbons (Fsp3) is 0.129. The number of amides is 2. The van der Waals surface area contributed by atoms with Crippen LogP contribution in [-0.2, 0) is 9.59 Å². The molecule has 0 spiro atoms. The van der Waals surface area contributed by atoms with E-state index >= 15 is 0 Å². The van der Waals surface area contributed by atoms with E-state index in [0.717, 1.165) is 6.07 Å². The molecule has 0 fully saturated rings. The lowest BCUT2D eigenvalue weighted by molar-refractivity contribution is -0.189. The van der Waals surface area contributed by atoms with Gasteiger partial charge < -0.3 is 25.8 Å². The third kappa shape index (κ3) is 7.18. The Balaban J connectivity index is 1.95. The van der Waals surface area contributed by atoms with Crippen molar-refractivity contribution >= 4 is 29.3 Å². The quantitative estimate of drug-likeness (QED) is 0.172. The summed E-state index contributed by atoms with van der Waals surface area (Å²) in [5.74, 6) is -4.21. The molecule has 0 aliphatic carbocycles. The van der Waals surface area contributed by atoms with Crippen molar-refractivity contribution in [3.8, 4) is 40.0 Å². The molecule has 4 aromatic rings. The maximum atomic E-state index is 13.1. The standard InChI is InChI=1S/C31H24F3N5O5/c1-43-24-11-6-12-25(44-30(42)31(32,33)34)27(24)23-16-21(19-9-5-10-20(15-19)37-26(40)13-14-35)22(17-36)28(38-23)39-29(41)18-7-3-2-4-8-18/h2-12,15-16H,13-14,35H2,1H3,(H,37,40)(H,38,39,41). The van der Waals surface area contributed by atoms with Gasteiger partial charge in [-0.2, -0.15) is 18.4 Å². The molecule has 44 heavy (non-hydrogen) atoms. The Labute approximate surface area is 249 Å². The van der Waals surface area contributed by atoms with Gasteiger partial charge in [-0.3, -0.25) is 9.59 Å². The molecule has 0 bridgehead atoms. The van der Waals surface area contributed by atoms with Gasteiger partial charge in [-0.25, -0.2) is 9.78 Å². The summed E-state index contributed by atoms with van der Waals surface area (Å²) in [6.45, 7) is 0.127. The first-order chi connectivity index (χ1) is 21.0. The smallest absolute Gasteiger partial charge is 0.491 e. The van der Waals surface area contributed by atoms with Crippen molar-refractivity contribution in [2.24, 2.45) is 5.73 Å². The maximum Gasteiger partial charge on any atom is 0.491 e. The molecule has 0 radical (unpaired) electrons. The molecule has 0 saturated carbocycles. The number of anilines is 2. The van der Waals surface area contributed by atoms with Gasteiger partial charge in [0.25, 0.3) is 5.91 Å². The molecule has 0 saturated heterocycles. The lowest BCUT2D eigenvalue weighted by Crippen LogP contribution is -2.28. The van der Waals surface area contributed by atoms with E-state index in [1.54, 1.807) is 42.5 Å². The fourth-order valence-electron chi connectivity index (χ4n) is 4.17. The van der Waals surface area contributed by atoms with E-state index in [0.29, 0.717) is 11.3 Å². The maximum absolute atomic E-state index is 13.1. The van der Waals surface area contributed by atoms with Crippen LogP contribution in [0.2, 0.25) is 0 Å². The average Bonchev–Trinajstić information content (AvgIpc) is 3.00. The van der Waals surface area contributed by atoms with Crippen LogP contribution >= 0.6 is 0 Å². The molecular weight excluding hydrogens is 579 g/mol. The normalized spacial score (nSPS) is 10.8. The summed E-state index contributed by atoms with van der Waals surface area (Å²) in [4.78, 5) is 41.5. The lowest BCUT2D eigenvalue weighted by Gasteiger charge is -2.18. The Morgan fingerprint density at radius 3 is 2.32 bits per heavy atom. The Kier molecular flexibility index (Phi) is 9.57. The summed E-state index contributed by atoms with van der Waals surface area (Å²) < 4.78 is 49.5. The van der Waals surface area contributed by atoms with Crippen LogP contribution in [0.25, 0.3) is 22.4 Å². The van der Waals surface area contributed by atoms with Gasteiger partial charge in [0.15, 0.2) is 5.82 Å². The number of nitrogens with zero attached hydrogens (tertiary/aromatic N) is 2. The second-order valence-corrected chi connectivity index (χ2v) is 9.10. The summed E-state index contributed by atoms with van der Waals surface area (Å²) in [7, 11) is 1.25. The van der Waals surface area contributed by atoms with Crippen molar-refractivity contribution in [3.63, 3.8) is 0 Å². The number of halogens is 3. The van der Waals surface area contributed by atoms with E-state index in [-0.39, 0.29) is 58.4 Å². The fourth-order valence-corrected chi connectivity index (χ4v) is 4.17. The van der Waals surface area contributed by atoms with Crippen LogP contribution in [0.3, 0.4) is 0 Å². The Morgan fingerprint density at radius 2 is 1.66 bits per heavy atom. The number of nitrogens with two attached hydrogens (primary N) is 1.